The molecule has 3 aromatic rings. The number of pyridine rings is 1. The van der Waals surface area contributed by atoms with Crippen molar-refractivity contribution in [2.24, 2.45) is 10.9 Å². The maximum atomic E-state index is 13.1. The number of nitro groups is 1. The number of H-pyrrole nitrogens is 1. The van der Waals surface area contributed by atoms with Gasteiger partial charge in [-0.25, -0.2) is 4.79 Å². The molecule has 0 spiro atoms. The van der Waals surface area contributed by atoms with Gasteiger partial charge in [-0.2, -0.15) is 0 Å². The molecule has 4 rings (SSSR count). The summed E-state index contributed by atoms with van der Waals surface area (Å²) in [5, 5.41) is 15.5. The molecule has 2 aromatic carbocycles. The summed E-state index contributed by atoms with van der Waals surface area (Å²) in [6.07, 6.45) is 0.683. The van der Waals surface area contributed by atoms with E-state index in [2.05, 4.69) is 15.3 Å². The van der Waals surface area contributed by atoms with Gasteiger partial charge in [0, 0.05) is 53.2 Å². The molecule has 14 heteroatoms. The first-order valence-electron chi connectivity index (χ1n) is 14.4. The van der Waals surface area contributed by atoms with E-state index < -0.39 is 28.7 Å². The Bertz CT molecular complexity index is 1750. The van der Waals surface area contributed by atoms with Crippen LogP contribution in [0.15, 0.2) is 75.7 Å². The van der Waals surface area contributed by atoms with Crippen LogP contribution in [0, 0.1) is 16.0 Å². The smallest absolute Gasteiger partial charge is 0.336 e. The molecule has 46 heavy (non-hydrogen) atoms. The zero-order valence-corrected chi connectivity index (χ0v) is 25.6. The van der Waals surface area contributed by atoms with Crippen LogP contribution in [0.3, 0.4) is 0 Å². The molecule has 0 fully saturated rings. The number of nitro benzene ring substituents is 1. The first-order chi connectivity index (χ1) is 22.1. The number of esters is 2. The van der Waals surface area contributed by atoms with Crippen molar-refractivity contribution >= 4 is 40.1 Å². The van der Waals surface area contributed by atoms with Gasteiger partial charge in [0.05, 0.1) is 50.2 Å². The summed E-state index contributed by atoms with van der Waals surface area (Å²) in [5.74, 6) is -3.34. The highest BCUT2D eigenvalue weighted by Gasteiger charge is 2.45. The van der Waals surface area contributed by atoms with Crippen LogP contribution in [0.5, 0.6) is 5.75 Å². The first kappa shape index (κ1) is 33.5. The Morgan fingerprint density at radius 1 is 1.04 bits per heavy atom. The Morgan fingerprint density at radius 2 is 1.83 bits per heavy atom. The summed E-state index contributed by atoms with van der Waals surface area (Å²) in [4.78, 5) is 68.1. The maximum Gasteiger partial charge on any atom is 0.336 e. The minimum absolute atomic E-state index is 0.0541. The van der Waals surface area contributed by atoms with Crippen LogP contribution in [0.1, 0.15) is 31.2 Å². The zero-order chi connectivity index (χ0) is 33.2. The number of methoxy groups -OCH3 is 2. The van der Waals surface area contributed by atoms with Crippen molar-refractivity contribution in [2.75, 3.05) is 40.6 Å². The number of fused-ring (bicyclic) bond motifs is 1. The van der Waals surface area contributed by atoms with Gasteiger partial charge in [0.1, 0.15) is 11.7 Å². The third kappa shape index (κ3) is 8.01. The largest absolute Gasteiger partial charge is 0.494 e. The zero-order valence-electron chi connectivity index (χ0n) is 25.6. The fourth-order valence-electron chi connectivity index (χ4n) is 5.25. The summed E-state index contributed by atoms with van der Waals surface area (Å²) in [6, 6.07) is 14.3. The van der Waals surface area contributed by atoms with Crippen molar-refractivity contribution in [3.8, 4) is 5.75 Å². The van der Waals surface area contributed by atoms with Crippen molar-refractivity contribution in [1.29, 1.82) is 0 Å². The second kappa shape index (κ2) is 15.6. The molecule has 0 saturated carbocycles. The van der Waals surface area contributed by atoms with E-state index in [1.54, 1.807) is 37.3 Å². The van der Waals surface area contributed by atoms with E-state index in [1.165, 1.54) is 31.4 Å². The van der Waals surface area contributed by atoms with E-state index in [-0.39, 0.29) is 65.9 Å². The highest BCUT2D eigenvalue weighted by molar-refractivity contribution is 6.07. The van der Waals surface area contributed by atoms with Crippen LogP contribution >= 0.6 is 0 Å². The lowest BCUT2D eigenvalue weighted by Crippen LogP contribution is -2.37. The molecule has 0 saturated heterocycles. The topological polar surface area (TPSA) is 189 Å². The lowest BCUT2D eigenvalue weighted by atomic mass is 9.75. The SMILES string of the molecule is COC(=O)C1=C(COCCNC(=O)CCCOc2ccc3[nH]c(=O)ccc3c2)N=C(C)C(C(=O)OC)C1c1ccccc1[N+](=O)[O-]. The minimum Gasteiger partial charge on any atom is -0.494 e. The number of hydrogen-bond donors (Lipinski definition) is 2. The van der Waals surface area contributed by atoms with Gasteiger partial charge in [0.2, 0.25) is 11.5 Å². The number of aromatic amines is 1. The molecule has 0 radical (unpaired) electrons. The molecule has 1 aliphatic heterocycles. The van der Waals surface area contributed by atoms with E-state index >= 15 is 0 Å². The Morgan fingerprint density at radius 3 is 2.57 bits per heavy atom. The van der Waals surface area contributed by atoms with Crippen LogP contribution in [0.2, 0.25) is 0 Å². The van der Waals surface area contributed by atoms with Crippen LogP contribution in [0.25, 0.3) is 10.9 Å². The molecule has 2 atom stereocenters. The number of aliphatic imine (C=N–C) groups is 1. The van der Waals surface area contributed by atoms with E-state index in [0.29, 0.717) is 24.3 Å². The molecule has 0 aliphatic carbocycles. The van der Waals surface area contributed by atoms with Crippen molar-refractivity contribution in [1.82, 2.24) is 10.3 Å². The molecule has 2 N–H and O–H groups in total. The van der Waals surface area contributed by atoms with Gasteiger partial charge in [-0.1, -0.05) is 18.2 Å². The fourth-order valence-corrected chi connectivity index (χ4v) is 5.25. The van der Waals surface area contributed by atoms with Gasteiger partial charge >= 0.3 is 11.9 Å². The molecule has 1 aromatic heterocycles. The van der Waals surface area contributed by atoms with E-state index in [1.807, 2.05) is 0 Å². The van der Waals surface area contributed by atoms with Crippen LogP contribution in [-0.2, 0) is 28.6 Å². The van der Waals surface area contributed by atoms with E-state index in [9.17, 15) is 29.3 Å². The lowest BCUT2D eigenvalue weighted by Gasteiger charge is -2.31. The fraction of sp³-hybridized carbons (Fsp3) is 0.344. The van der Waals surface area contributed by atoms with Gasteiger partial charge in [0.15, 0.2) is 0 Å². The number of rotatable bonds is 14. The average Bonchev–Trinajstić information content (AvgIpc) is 3.05. The second-order valence-electron chi connectivity index (χ2n) is 10.3. The molecule has 2 heterocycles. The number of nitrogens with zero attached hydrogens (tertiary/aromatic N) is 2. The van der Waals surface area contributed by atoms with E-state index in [0.717, 1.165) is 12.5 Å². The van der Waals surface area contributed by atoms with E-state index in [4.69, 9.17) is 18.9 Å². The highest BCUT2D eigenvalue weighted by Crippen LogP contribution is 2.43. The normalized spacial score (nSPS) is 16.0. The van der Waals surface area contributed by atoms with Gasteiger partial charge in [-0.3, -0.25) is 29.5 Å². The molecule has 0 bridgehead atoms. The number of hydrogen-bond acceptors (Lipinski definition) is 11. The minimum atomic E-state index is -1.11. The van der Waals surface area contributed by atoms with Gasteiger partial charge < -0.3 is 29.2 Å². The Kier molecular flexibility index (Phi) is 11.3. The predicted octanol–water partition coefficient (Wildman–Crippen LogP) is 3.20. The highest BCUT2D eigenvalue weighted by atomic mass is 16.6. The number of amides is 1. The molecular formula is C32H34N4O10. The number of para-hydroxylation sites is 1. The first-order valence-corrected chi connectivity index (χ1v) is 14.4. The monoisotopic (exact) mass is 634 g/mol. The number of benzene rings is 2. The molecular weight excluding hydrogens is 600 g/mol. The van der Waals surface area contributed by atoms with Gasteiger partial charge in [0.25, 0.3) is 5.69 Å². The second-order valence-corrected chi connectivity index (χ2v) is 10.3. The van der Waals surface area contributed by atoms with Gasteiger partial charge in [-0.15, -0.1) is 0 Å². The van der Waals surface area contributed by atoms with Crippen molar-refractivity contribution in [3.63, 3.8) is 0 Å². The van der Waals surface area contributed by atoms with Crippen LogP contribution < -0.4 is 15.6 Å². The maximum absolute atomic E-state index is 13.1. The van der Waals surface area contributed by atoms with Crippen LogP contribution in [0.4, 0.5) is 5.69 Å². The summed E-state index contributed by atoms with van der Waals surface area (Å²) in [5.41, 5.74) is 0.754. The lowest BCUT2D eigenvalue weighted by molar-refractivity contribution is -0.385. The molecule has 14 nitrogen and oxygen atoms in total. The Balaban J connectivity index is 1.34. The number of carbonyl (C=O) groups is 3. The number of carbonyl (C=O) groups excluding carboxylic acids is 3. The van der Waals surface area contributed by atoms with Crippen molar-refractivity contribution in [3.05, 3.63) is 91.9 Å². The number of ether oxygens (including phenoxy) is 4. The third-order valence-corrected chi connectivity index (χ3v) is 7.36. The molecule has 2 unspecified atom stereocenters. The average molecular weight is 635 g/mol. The van der Waals surface area contributed by atoms with Crippen molar-refractivity contribution in [2.45, 2.75) is 25.7 Å². The summed E-state index contributed by atoms with van der Waals surface area (Å²) in [7, 11) is 2.34. The summed E-state index contributed by atoms with van der Waals surface area (Å²) >= 11 is 0. The number of aromatic nitrogens is 1. The quantitative estimate of drug-likeness (QED) is 0.115. The number of nitrogens with one attached hydrogen (secondary N) is 2. The van der Waals surface area contributed by atoms with Crippen LogP contribution in [-0.4, -0.2) is 74.0 Å². The van der Waals surface area contributed by atoms with Gasteiger partial charge in [-0.05, 0) is 37.6 Å². The predicted molar refractivity (Wildman–Crippen MR) is 167 cm³/mol. The Hall–Kier alpha value is -5.37. The Labute approximate surface area is 263 Å². The van der Waals surface area contributed by atoms with Crippen molar-refractivity contribution < 1.29 is 38.3 Å². The molecule has 1 amide bonds. The summed E-state index contributed by atoms with van der Waals surface area (Å²) < 4.78 is 21.4. The molecule has 1 aliphatic rings. The standard InChI is InChI=1S/C32H34N4O10/c1-19-28(31(39)43-2)29(22-7-4-5-8-25(22)36(41)42)30(32(40)44-3)24(34-19)18-45-16-14-33-26(37)9-6-15-46-21-11-12-23-20(17-21)10-13-27(38)35-23/h4-5,7-8,10-13,17,28-29H,6,9,14-16,18H2,1-3H3,(H,33,37)(H,35,38). The molecule has 242 valence electrons. The summed E-state index contributed by atoms with van der Waals surface area (Å²) in [6.45, 7) is 1.95. The third-order valence-electron chi connectivity index (χ3n) is 7.36.